The van der Waals surface area contributed by atoms with Crippen molar-refractivity contribution in [2.75, 3.05) is 19.1 Å². The lowest BCUT2D eigenvalue weighted by Crippen LogP contribution is -2.37. The van der Waals surface area contributed by atoms with E-state index in [-0.39, 0.29) is 11.3 Å². The summed E-state index contributed by atoms with van der Waals surface area (Å²) in [6.07, 6.45) is -1.05. The molecule has 6 heteroatoms. The van der Waals surface area contributed by atoms with Gasteiger partial charge >= 0.3 is 5.97 Å². The molecule has 0 aliphatic heterocycles. The Bertz CT molecular complexity index is 733. The first-order valence-electron chi connectivity index (χ1n) is 7.31. The van der Waals surface area contributed by atoms with Gasteiger partial charge < -0.3 is 14.4 Å². The number of amides is 1. The van der Waals surface area contributed by atoms with Crippen molar-refractivity contribution in [3.63, 3.8) is 0 Å². The van der Waals surface area contributed by atoms with Crippen molar-refractivity contribution in [2.24, 2.45) is 0 Å². The summed E-state index contributed by atoms with van der Waals surface area (Å²) in [6.45, 7) is 1.45. The van der Waals surface area contributed by atoms with E-state index in [1.54, 1.807) is 31.3 Å². The van der Waals surface area contributed by atoms with Gasteiger partial charge in [-0.15, -0.1) is 0 Å². The van der Waals surface area contributed by atoms with E-state index in [4.69, 9.17) is 9.47 Å². The fraction of sp³-hybridized carbons (Fsp3) is 0.222. The van der Waals surface area contributed by atoms with Gasteiger partial charge in [-0.3, -0.25) is 4.79 Å². The first kappa shape index (κ1) is 17.5. The summed E-state index contributed by atoms with van der Waals surface area (Å²) in [7, 11) is 2.98. The Kier molecular flexibility index (Phi) is 5.52. The minimum atomic E-state index is -1.05. The average Bonchev–Trinajstić information content (AvgIpc) is 2.60. The molecule has 5 nitrogen and oxygen atoms in total. The van der Waals surface area contributed by atoms with Gasteiger partial charge in [0.25, 0.3) is 5.91 Å². The van der Waals surface area contributed by atoms with Crippen LogP contribution in [0.5, 0.6) is 5.75 Å². The van der Waals surface area contributed by atoms with Gasteiger partial charge in [-0.2, -0.15) is 0 Å². The fourth-order valence-electron chi connectivity index (χ4n) is 2.11. The molecule has 1 amide bonds. The topological polar surface area (TPSA) is 55.8 Å². The Morgan fingerprint density at radius 3 is 2.38 bits per heavy atom. The Morgan fingerprint density at radius 1 is 1.12 bits per heavy atom. The molecule has 0 bridgehead atoms. The van der Waals surface area contributed by atoms with Crippen molar-refractivity contribution < 1.29 is 23.5 Å². The number of carbonyl (C=O) groups excluding carboxylic acids is 2. The first-order valence-corrected chi connectivity index (χ1v) is 7.31. The van der Waals surface area contributed by atoms with Crippen LogP contribution in [0.25, 0.3) is 0 Å². The van der Waals surface area contributed by atoms with E-state index in [2.05, 4.69) is 0 Å². The summed E-state index contributed by atoms with van der Waals surface area (Å²) < 4.78 is 23.8. The van der Waals surface area contributed by atoms with E-state index in [1.807, 2.05) is 6.07 Å². The number of nitrogens with zero attached hydrogens (tertiary/aromatic N) is 1. The summed E-state index contributed by atoms with van der Waals surface area (Å²) >= 11 is 0. The number of rotatable bonds is 5. The van der Waals surface area contributed by atoms with E-state index < -0.39 is 23.8 Å². The fourth-order valence-corrected chi connectivity index (χ4v) is 2.11. The monoisotopic (exact) mass is 331 g/mol. The molecule has 0 aliphatic carbocycles. The van der Waals surface area contributed by atoms with Gasteiger partial charge in [0.15, 0.2) is 6.10 Å². The number of methoxy groups -OCH3 is 1. The molecule has 24 heavy (non-hydrogen) atoms. The van der Waals surface area contributed by atoms with E-state index in [9.17, 15) is 14.0 Å². The molecule has 0 N–H and O–H groups in total. The number of para-hydroxylation sites is 1. The zero-order valence-electron chi connectivity index (χ0n) is 13.7. The van der Waals surface area contributed by atoms with Crippen molar-refractivity contribution in [3.8, 4) is 5.75 Å². The van der Waals surface area contributed by atoms with Crippen molar-refractivity contribution in [2.45, 2.75) is 13.0 Å². The number of halogens is 1. The number of anilines is 1. The van der Waals surface area contributed by atoms with Gasteiger partial charge in [0.2, 0.25) is 0 Å². The molecule has 0 aliphatic rings. The van der Waals surface area contributed by atoms with Crippen LogP contribution in [0.15, 0.2) is 48.5 Å². The molecule has 0 aromatic heterocycles. The summed E-state index contributed by atoms with van der Waals surface area (Å²) in [5.41, 5.74) is 0.416. The number of ether oxygens (including phenoxy) is 2. The highest BCUT2D eigenvalue weighted by Gasteiger charge is 2.24. The number of carbonyl (C=O) groups is 2. The second-order valence-corrected chi connectivity index (χ2v) is 5.13. The zero-order valence-corrected chi connectivity index (χ0v) is 13.7. The van der Waals surface area contributed by atoms with E-state index in [1.165, 1.54) is 31.1 Å². The van der Waals surface area contributed by atoms with Gasteiger partial charge in [-0.1, -0.05) is 18.2 Å². The van der Waals surface area contributed by atoms with Crippen LogP contribution in [0.2, 0.25) is 0 Å². The molecule has 2 rings (SSSR count). The lowest BCUT2D eigenvalue weighted by Gasteiger charge is -2.21. The molecule has 0 fully saturated rings. The molecule has 0 unspecified atom stereocenters. The van der Waals surface area contributed by atoms with Crippen LogP contribution in [-0.4, -0.2) is 32.1 Å². The Balaban J connectivity index is 2.07. The first-order chi connectivity index (χ1) is 11.4. The molecule has 1 atom stereocenters. The van der Waals surface area contributed by atoms with Crippen molar-refractivity contribution in [1.82, 2.24) is 0 Å². The third-order valence-corrected chi connectivity index (χ3v) is 3.50. The van der Waals surface area contributed by atoms with Crippen LogP contribution in [-0.2, 0) is 9.53 Å². The highest BCUT2D eigenvalue weighted by molar-refractivity contribution is 5.98. The predicted octanol–water partition coefficient (Wildman–Crippen LogP) is 3.04. The Labute approximate surface area is 139 Å². The maximum Gasteiger partial charge on any atom is 0.341 e. The van der Waals surface area contributed by atoms with Gasteiger partial charge in [0.05, 0.1) is 12.7 Å². The number of hydrogen-bond donors (Lipinski definition) is 0. The molecule has 126 valence electrons. The van der Waals surface area contributed by atoms with Gasteiger partial charge in [0.1, 0.15) is 11.6 Å². The molecule has 2 aromatic rings. The molecular weight excluding hydrogens is 313 g/mol. The minimum Gasteiger partial charge on any atom is -0.497 e. The van der Waals surface area contributed by atoms with Crippen LogP contribution < -0.4 is 9.64 Å². The molecule has 0 radical (unpaired) electrons. The van der Waals surface area contributed by atoms with Crippen LogP contribution in [0.3, 0.4) is 0 Å². The van der Waals surface area contributed by atoms with Crippen molar-refractivity contribution in [3.05, 3.63) is 59.9 Å². The number of esters is 1. The zero-order chi connectivity index (χ0) is 17.7. The summed E-state index contributed by atoms with van der Waals surface area (Å²) in [6, 6.07) is 12.7. The molecule has 0 heterocycles. The summed E-state index contributed by atoms with van der Waals surface area (Å²) in [5, 5.41) is 0. The van der Waals surface area contributed by atoms with E-state index in [0.29, 0.717) is 5.69 Å². The maximum absolute atomic E-state index is 13.9. The molecule has 2 aromatic carbocycles. The van der Waals surface area contributed by atoms with Crippen molar-refractivity contribution >= 4 is 17.6 Å². The molecular formula is C18H18FNO4. The third-order valence-electron chi connectivity index (χ3n) is 3.50. The van der Waals surface area contributed by atoms with Gasteiger partial charge in [0, 0.05) is 18.8 Å². The van der Waals surface area contributed by atoms with Gasteiger partial charge in [-0.05, 0) is 31.2 Å². The summed E-state index contributed by atoms with van der Waals surface area (Å²) in [4.78, 5) is 25.8. The molecule has 0 saturated heterocycles. The van der Waals surface area contributed by atoms with Crippen LogP contribution in [0, 0.1) is 5.82 Å². The standard InChI is InChI=1S/C18H18FNO4/c1-12(17(21)20(2)13-7-5-4-6-8-13)24-18(22)15-10-9-14(23-3)11-16(15)19/h4-12H,1-3H3/t12-/m1/s1. The van der Waals surface area contributed by atoms with Crippen molar-refractivity contribution in [1.29, 1.82) is 0 Å². The van der Waals surface area contributed by atoms with Crippen LogP contribution >= 0.6 is 0 Å². The lowest BCUT2D eigenvalue weighted by atomic mass is 10.2. The maximum atomic E-state index is 13.9. The Morgan fingerprint density at radius 2 is 1.79 bits per heavy atom. The lowest BCUT2D eigenvalue weighted by molar-refractivity contribution is -0.126. The highest BCUT2D eigenvalue weighted by atomic mass is 19.1. The average molecular weight is 331 g/mol. The van der Waals surface area contributed by atoms with Gasteiger partial charge in [-0.25, -0.2) is 9.18 Å². The number of hydrogen-bond acceptors (Lipinski definition) is 4. The summed E-state index contributed by atoms with van der Waals surface area (Å²) in [5.74, 6) is -1.80. The Hall–Kier alpha value is -2.89. The predicted molar refractivity (Wildman–Crippen MR) is 87.7 cm³/mol. The number of benzene rings is 2. The second kappa shape index (κ2) is 7.59. The number of likely N-dealkylation sites (N-methyl/N-ethyl adjacent to an activating group) is 1. The SMILES string of the molecule is COc1ccc(C(=O)O[C@H](C)C(=O)N(C)c2ccccc2)c(F)c1. The molecule has 0 saturated carbocycles. The second-order valence-electron chi connectivity index (χ2n) is 5.13. The van der Waals surface area contributed by atoms with E-state index in [0.717, 1.165) is 6.07 Å². The van der Waals surface area contributed by atoms with Crippen LogP contribution in [0.4, 0.5) is 10.1 Å². The largest absolute Gasteiger partial charge is 0.497 e. The van der Waals surface area contributed by atoms with Crippen LogP contribution in [0.1, 0.15) is 17.3 Å². The van der Waals surface area contributed by atoms with E-state index >= 15 is 0 Å². The normalized spacial score (nSPS) is 11.5. The third kappa shape index (κ3) is 3.90. The molecule has 0 spiro atoms. The smallest absolute Gasteiger partial charge is 0.341 e. The minimum absolute atomic E-state index is 0.252. The highest BCUT2D eigenvalue weighted by Crippen LogP contribution is 2.18. The quantitative estimate of drug-likeness (QED) is 0.790.